The predicted octanol–water partition coefficient (Wildman–Crippen LogP) is 3.45. The van der Waals surface area contributed by atoms with Crippen molar-refractivity contribution in [3.63, 3.8) is 0 Å². The molecule has 2 fully saturated rings. The van der Waals surface area contributed by atoms with E-state index in [0.29, 0.717) is 64.9 Å². The fourth-order valence-electron chi connectivity index (χ4n) is 5.10. The maximum absolute atomic E-state index is 10.7. The summed E-state index contributed by atoms with van der Waals surface area (Å²) in [6.45, 7) is 8.13. The van der Waals surface area contributed by atoms with Crippen LogP contribution in [0.15, 0.2) is 16.5 Å². The second-order valence-corrected chi connectivity index (χ2v) is 10.0. The zero-order valence-electron chi connectivity index (χ0n) is 21.6. The van der Waals surface area contributed by atoms with Crippen molar-refractivity contribution in [2.75, 3.05) is 23.8 Å². The summed E-state index contributed by atoms with van der Waals surface area (Å²) in [5, 5.41) is 38.2. The van der Waals surface area contributed by atoms with Gasteiger partial charge in [0.05, 0.1) is 35.7 Å². The van der Waals surface area contributed by atoms with Gasteiger partial charge in [0.25, 0.3) is 0 Å². The van der Waals surface area contributed by atoms with Gasteiger partial charge in [0, 0.05) is 30.0 Å². The van der Waals surface area contributed by atoms with Gasteiger partial charge in [-0.15, -0.1) is 12.4 Å². The number of furan rings is 1. The van der Waals surface area contributed by atoms with Crippen molar-refractivity contribution in [3.05, 3.63) is 23.5 Å². The van der Waals surface area contributed by atoms with Crippen LogP contribution in [0.4, 0.5) is 11.8 Å². The summed E-state index contributed by atoms with van der Waals surface area (Å²) in [5.41, 5.74) is 2.74. The molecule has 3 aromatic rings. The summed E-state index contributed by atoms with van der Waals surface area (Å²) in [4.78, 5) is 14.0. The molecule has 3 aromatic heterocycles. The van der Waals surface area contributed by atoms with Gasteiger partial charge in [-0.2, -0.15) is 4.98 Å². The Morgan fingerprint density at radius 3 is 2.51 bits per heavy atom. The number of anilines is 2. The molecule has 0 aliphatic heterocycles. The second-order valence-electron chi connectivity index (χ2n) is 10.0. The van der Waals surface area contributed by atoms with Gasteiger partial charge in [-0.25, -0.2) is 9.97 Å². The van der Waals surface area contributed by atoms with Gasteiger partial charge in [-0.1, -0.05) is 0 Å². The van der Waals surface area contributed by atoms with Crippen molar-refractivity contribution >= 4 is 35.1 Å². The summed E-state index contributed by atoms with van der Waals surface area (Å²) in [6.07, 6.45) is 0.748. The molecule has 0 unspecified atom stereocenters. The molecule has 3 heterocycles. The maximum Gasteiger partial charge on any atom is 0.225 e. The maximum atomic E-state index is 10.7. The quantitative estimate of drug-likeness (QED) is 0.277. The summed E-state index contributed by atoms with van der Waals surface area (Å²) >= 11 is 0. The molecule has 0 bridgehead atoms. The van der Waals surface area contributed by atoms with Crippen LogP contribution in [0.2, 0.25) is 0 Å². The third kappa shape index (κ3) is 5.47. The van der Waals surface area contributed by atoms with E-state index in [0.717, 1.165) is 5.39 Å². The number of aryl methyl sites for hydroxylation is 2. The molecule has 5 N–H and O–H groups in total. The Bertz CT molecular complexity index is 1250. The molecular formula is C26H36ClN5O5. The van der Waals surface area contributed by atoms with E-state index in [1.807, 2.05) is 32.9 Å². The first kappa shape index (κ1) is 27.4. The molecule has 37 heavy (non-hydrogen) atoms. The lowest BCUT2D eigenvalue weighted by Crippen LogP contribution is -2.36. The fourth-order valence-corrected chi connectivity index (χ4v) is 5.10. The summed E-state index contributed by atoms with van der Waals surface area (Å²) in [7, 11) is 0. The van der Waals surface area contributed by atoms with Crippen molar-refractivity contribution < 1.29 is 24.5 Å². The number of fused-ring (bicyclic) bond motifs is 1. The number of pyridine rings is 1. The summed E-state index contributed by atoms with van der Waals surface area (Å²) in [5.74, 6) is 2.31. The van der Waals surface area contributed by atoms with E-state index in [1.165, 1.54) is 12.8 Å². The van der Waals surface area contributed by atoms with Crippen molar-refractivity contribution in [1.29, 1.82) is 0 Å². The van der Waals surface area contributed by atoms with Crippen molar-refractivity contribution in [1.82, 2.24) is 15.0 Å². The minimum atomic E-state index is -1.04. The van der Waals surface area contributed by atoms with Gasteiger partial charge in [0.15, 0.2) is 5.58 Å². The van der Waals surface area contributed by atoms with Crippen LogP contribution in [-0.2, 0) is 0 Å². The van der Waals surface area contributed by atoms with Gasteiger partial charge < -0.3 is 35.1 Å². The van der Waals surface area contributed by atoms with Crippen LogP contribution in [0.3, 0.4) is 0 Å². The molecule has 11 heteroatoms. The highest BCUT2D eigenvalue weighted by Gasteiger charge is 2.41. The molecule has 5 rings (SSSR count). The first-order valence-corrected chi connectivity index (χ1v) is 12.7. The third-order valence-corrected chi connectivity index (χ3v) is 7.32. The van der Waals surface area contributed by atoms with Crippen LogP contribution in [0.5, 0.6) is 5.88 Å². The summed E-state index contributed by atoms with van der Waals surface area (Å²) in [6, 6.07) is 3.52. The van der Waals surface area contributed by atoms with Crippen LogP contribution in [0, 0.1) is 25.7 Å². The molecule has 0 aromatic carbocycles. The number of nitrogens with one attached hydrogen (secondary N) is 2. The van der Waals surface area contributed by atoms with Gasteiger partial charge in [-0.05, 0) is 58.9 Å². The number of aliphatic hydroxyl groups excluding tert-OH is 3. The van der Waals surface area contributed by atoms with Gasteiger partial charge >= 0.3 is 0 Å². The van der Waals surface area contributed by atoms with Crippen molar-refractivity contribution in [2.45, 2.75) is 71.2 Å². The number of nitrogens with zero attached hydrogens (tertiary/aromatic N) is 3. The number of hydrogen-bond acceptors (Lipinski definition) is 10. The van der Waals surface area contributed by atoms with E-state index in [2.05, 4.69) is 22.5 Å². The lowest BCUT2D eigenvalue weighted by atomic mass is 10.1. The van der Waals surface area contributed by atoms with Gasteiger partial charge in [-0.3, -0.25) is 0 Å². The van der Waals surface area contributed by atoms with E-state index < -0.39 is 24.2 Å². The molecule has 2 saturated carbocycles. The number of rotatable bonds is 9. The highest BCUT2D eigenvalue weighted by Crippen LogP contribution is 2.39. The van der Waals surface area contributed by atoms with E-state index in [1.54, 1.807) is 0 Å². The highest BCUT2D eigenvalue weighted by molar-refractivity contribution is 5.88. The van der Waals surface area contributed by atoms with Gasteiger partial charge in [0.1, 0.15) is 17.7 Å². The molecule has 2 aliphatic carbocycles. The molecule has 0 amide bonds. The third-order valence-electron chi connectivity index (χ3n) is 7.32. The van der Waals surface area contributed by atoms with E-state index >= 15 is 0 Å². The van der Waals surface area contributed by atoms with Crippen LogP contribution >= 0.6 is 12.4 Å². The normalized spacial score (nSPS) is 24.1. The Morgan fingerprint density at radius 2 is 1.86 bits per heavy atom. The second kappa shape index (κ2) is 11.0. The molecule has 0 radical (unpaired) electrons. The Kier molecular flexibility index (Phi) is 8.13. The van der Waals surface area contributed by atoms with Gasteiger partial charge in [0.2, 0.25) is 11.8 Å². The standard InChI is InChI=1S/C26H35N5O5.ClH/c1-5-35-20-10-16-9-19(36-24(16)14(4)27-20)21-13(3)29-26(28-12(2)15-6-7-15)31-25(21)30-18-8-17(11-32)22(33)23(18)34;/h9-10,12,15,17-18,22-23,32-34H,5-8,11H2,1-4H3,(H2,28,29,30,31);1H/t12-,17-,18-,22-,23+;/m1./s1. The smallest absolute Gasteiger partial charge is 0.225 e. The average molecular weight is 534 g/mol. The molecule has 0 spiro atoms. The van der Waals surface area contributed by atoms with E-state index in [4.69, 9.17) is 19.1 Å². The van der Waals surface area contributed by atoms with Crippen LogP contribution < -0.4 is 15.4 Å². The van der Waals surface area contributed by atoms with Crippen LogP contribution in [-0.4, -0.2) is 67.8 Å². The number of hydrogen-bond donors (Lipinski definition) is 5. The zero-order valence-corrected chi connectivity index (χ0v) is 22.4. The number of aromatic nitrogens is 3. The predicted molar refractivity (Wildman–Crippen MR) is 143 cm³/mol. The Hall–Kier alpha value is -2.66. The van der Waals surface area contributed by atoms with Crippen molar-refractivity contribution in [3.8, 4) is 17.2 Å². The molecule has 5 atom stereocenters. The number of ether oxygens (including phenoxy) is 1. The SMILES string of the molecule is CCOc1cc2cc(-c3c(C)nc(N[C@H](C)C4CC4)nc3N[C@@H]3C[C@H](CO)[C@@H](O)[C@H]3O)oc2c(C)n1.Cl. The lowest BCUT2D eigenvalue weighted by Gasteiger charge is -2.22. The van der Waals surface area contributed by atoms with Crippen LogP contribution in [0.1, 0.15) is 44.5 Å². The topological polar surface area (TPSA) is 146 Å². The molecular weight excluding hydrogens is 498 g/mol. The zero-order chi connectivity index (χ0) is 25.6. The molecule has 10 nitrogen and oxygen atoms in total. The lowest BCUT2D eigenvalue weighted by molar-refractivity contribution is 0.00446. The van der Waals surface area contributed by atoms with Crippen molar-refractivity contribution in [2.24, 2.45) is 11.8 Å². The first-order chi connectivity index (χ1) is 17.3. The Morgan fingerprint density at radius 1 is 1.11 bits per heavy atom. The average Bonchev–Trinajstić information content (AvgIpc) is 3.55. The minimum absolute atomic E-state index is 0. The Labute approximate surface area is 222 Å². The largest absolute Gasteiger partial charge is 0.478 e. The van der Waals surface area contributed by atoms with E-state index in [-0.39, 0.29) is 25.1 Å². The fraction of sp³-hybridized carbons (Fsp3) is 0.577. The van der Waals surface area contributed by atoms with Crippen LogP contribution in [0.25, 0.3) is 22.3 Å². The molecule has 0 saturated heterocycles. The minimum Gasteiger partial charge on any atom is -0.478 e. The first-order valence-electron chi connectivity index (χ1n) is 12.7. The summed E-state index contributed by atoms with van der Waals surface area (Å²) < 4.78 is 11.8. The monoisotopic (exact) mass is 533 g/mol. The molecule has 202 valence electrons. The Balaban J connectivity index is 0.00000320. The van der Waals surface area contributed by atoms with E-state index in [9.17, 15) is 15.3 Å². The number of halogens is 1. The number of aliphatic hydroxyl groups is 3. The molecule has 2 aliphatic rings. The highest BCUT2D eigenvalue weighted by atomic mass is 35.5.